The van der Waals surface area contributed by atoms with Gasteiger partial charge >= 0.3 is 0 Å². The molecule has 6 heteroatoms. The normalized spacial score (nSPS) is 14.6. The lowest BCUT2D eigenvalue weighted by atomic mass is 9.98. The molecule has 6 aromatic heterocycles. The molecule has 102 heavy (non-hydrogen) atoms. The van der Waals surface area contributed by atoms with Gasteiger partial charge in [0.1, 0.15) is 42.3 Å². The minimum Gasteiger partial charge on any atom is -0.198 e. The van der Waals surface area contributed by atoms with Crippen LogP contribution in [0.1, 0.15) is 163 Å². The van der Waals surface area contributed by atoms with E-state index in [0.29, 0.717) is 39.3 Å². The van der Waals surface area contributed by atoms with E-state index in [-0.39, 0.29) is 33.6 Å². The first-order chi connectivity index (χ1) is 56.6. The van der Waals surface area contributed by atoms with Crippen LogP contribution in [0, 0.1) is 166 Å². The zero-order valence-corrected chi connectivity index (χ0v) is 64.5. The number of pyridine rings is 6. The predicted molar refractivity (Wildman–Crippen MR) is 432 cm³/mol. The molecule has 12 rings (SSSR count). The molecule has 0 N–H and O–H groups in total. The molecule has 0 aliphatic carbocycles. The quantitative estimate of drug-likeness (QED) is 0.148. The van der Waals surface area contributed by atoms with E-state index in [1.807, 2.05) is 52.1 Å². The van der Waals surface area contributed by atoms with Crippen molar-refractivity contribution in [3.8, 4) is 67.5 Å². The molecule has 6 nitrogen and oxygen atoms in total. The second-order valence-electron chi connectivity index (χ2n) is 27.1. The molecule has 0 atom stereocenters. The Morgan fingerprint density at radius 3 is 0.971 bits per heavy atom. The summed E-state index contributed by atoms with van der Waals surface area (Å²) in [4.78, 5) is 0. The molecule has 6 aromatic carbocycles. The van der Waals surface area contributed by atoms with Crippen LogP contribution < -0.4 is 27.4 Å². The highest BCUT2D eigenvalue weighted by molar-refractivity contribution is 5.68. The van der Waals surface area contributed by atoms with Gasteiger partial charge in [0.05, 0.1) is 0 Å². The van der Waals surface area contributed by atoms with E-state index >= 15 is 0 Å². The molecule has 0 unspecified atom stereocenters. The van der Waals surface area contributed by atoms with Crippen LogP contribution in [0.5, 0.6) is 0 Å². The van der Waals surface area contributed by atoms with E-state index in [0.717, 1.165) is 27.9 Å². The predicted octanol–water partition coefficient (Wildman–Crippen LogP) is 20.5. The second kappa shape index (κ2) is 34.7. The Labute approximate surface area is 645 Å². The van der Waals surface area contributed by atoms with Gasteiger partial charge in [-0.05, 0) is 241 Å². The highest BCUT2D eigenvalue weighted by Crippen LogP contribution is 2.30. The van der Waals surface area contributed by atoms with Crippen molar-refractivity contribution in [1.29, 1.82) is 0 Å². The topological polar surface area (TPSA) is 23.3 Å². The van der Waals surface area contributed by atoms with E-state index in [2.05, 4.69) is 209 Å². The lowest BCUT2D eigenvalue weighted by Gasteiger charge is -2.10. The van der Waals surface area contributed by atoms with Crippen molar-refractivity contribution < 1.29 is 56.2 Å². The van der Waals surface area contributed by atoms with Crippen molar-refractivity contribution in [2.75, 3.05) is 0 Å². The molecule has 6 heterocycles. The minimum atomic E-state index is -2.63. The van der Waals surface area contributed by atoms with Crippen molar-refractivity contribution in [3.05, 3.63) is 316 Å². The van der Waals surface area contributed by atoms with Gasteiger partial charge in [0.25, 0.3) is 0 Å². The van der Waals surface area contributed by atoms with Crippen molar-refractivity contribution >= 4 is 0 Å². The van der Waals surface area contributed by atoms with Crippen LogP contribution >= 0.6 is 0 Å². The van der Waals surface area contributed by atoms with Crippen LogP contribution in [-0.4, -0.2) is 0 Å². The van der Waals surface area contributed by atoms with E-state index in [9.17, 15) is 0 Å². The fourth-order valence-electron chi connectivity index (χ4n) is 12.7. The molecule has 528 valence electrons. The van der Waals surface area contributed by atoms with Gasteiger partial charge < -0.3 is 0 Å². The number of aromatic nitrogens is 6. The Bertz CT molecular complexity index is 5850. The van der Waals surface area contributed by atoms with Crippen LogP contribution in [0.3, 0.4) is 0 Å². The van der Waals surface area contributed by atoms with E-state index in [1.54, 1.807) is 48.7 Å². The molecule has 0 amide bonds. The van der Waals surface area contributed by atoms with Crippen molar-refractivity contribution in [1.82, 2.24) is 0 Å². The summed E-state index contributed by atoms with van der Waals surface area (Å²) in [7, 11) is 11.2. The van der Waals surface area contributed by atoms with E-state index in [1.165, 1.54) is 161 Å². The van der Waals surface area contributed by atoms with Gasteiger partial charge in [-0.3, -0.25) is 0 Å². The summed E-state index contributed by atoms with van der Waals surface area (Å²) in [5.41, 5.74) is 32.3. The van der Waals surface area contributed by atoms with Crippen LogP contribution in [0.25, 0.3) is 67.5 Å². The summed E-state index contributed by atoms with van der Waals surface area (Å²) in [6.45, 7) is 18.5. The summed E-state index contributed by atoms with van der Waals surface area (Å²) in [5.74, 6) is 0. The number of hydrogen-bond acceptors (Lipinski definition) is 0. The third-order valence-corrected chi connectivity index (χ3v) is 20.3. The van der Waals surface area contributed by atoms with Gasteiger partial charge in [-0.1, -0.05) is 96.1 Å². The molecule has 0 fully saturated rings. The van der Waals surface area contributed by atoms with Gasteiger partial charge in [0.15, 0.2) is 34.2 Å². The third-order valence-electron chi connectivity index (χ3n) is 20.3. The van der Waals surface area contributed by atoms with Gasteiger partial charge in [0, 0.05) is 173 Å². The molecular formula is C96H120N6+6. The van der Waals surface area contributed by atoms with Gasteiger partial charge in [-0.25, -0.2) is 0 Å². The molecule has 0 saturated heterocycles. The Morgan fingerprint density at radius 1 is 0.206 bits per heavy atom. The monoisotopic (exact) mass is 1380 g/mol. The molecule has 0 saturated carbocycles. The smallest absolute Gasteiger partial charge is 0.198 e. The zero-order chi connectivity index (χ0) is 93.0. The van der Waals surface area contributed by atoms with Gasteiger partial charge in [0.2, 0.25) is 34.2 Å². The average molecular weight is 1380 g/mol. The first-order valence-corrected chi connectivity index (χ1v) is 34.5. The van der Waals surface area contributed by atoms with E-state index < -0.39 is 48.0 Å². The van der Waals surface area contributed by atoms with Gasteiger partial charge in [-0.2, -0.15) is 27.4 Å². The maximum atomic E-state index is 7.76. The number of benzene rings is 6. The Morgan fingerprint density at radius 2 is 0.559 bits per heavy atom. The second-order valence-corrected chi connectivity index (χ2v) is 27.1. The summed E-state index contributed by atoms with van der Waals surface area (Å²) in [6.07, 6.45) is 0. The number of nitrogens with zero attached hydrogens (tertiary/aromatic N) is 6. The number of rotatable bonds is 6. The Balaban J connectivity index is 0.000000205. The molecule has 0 aliphatic rings. The maximum Gasteiger partial charge on any atom is 0.215 e. The largest absolute Gasteiger partial charge is 0.215 e. The van der Waals surface area contributed by atoms with Crippen molar-refractivity contribution in [2.45, 2.75) is 166 Å². The standard InChI is InChI=1S/6C16H20N/c2*1-11-6-8-15(13(3)10-11)16-9-7-12(2)14(4)17(16)5;2*1-11-7-6-8-15(13(11)3)16-10-9-12(2)14(4)17(16)5;2*1-11-8-6-7-9-15(11)16-14(4)12(2)10-13(3)17(16)5/h6*6-10H,1-5H3/q6*+1/i1D3,2D3,4D3;;1D3,2D3,4D3;;3D3;. The number of hydrogen-bond donors (Lipinski definition) is 0. The lowest BCUT2D eigenvalue weighted by Crippen LogP contribution is -2.36. The van der Waals surface area contributed by atoms with Crippen LogP contribution in [-0.2, 0) is 42.3 Å². The van der Waals surface area contributed by atoms with Gasteiger partial charge in [-0.15, -0.1) is 0 Å². The molecule has 0 aliphatic heterocycles. The fraction of sp³-hybridized carbons (Fsp3) is 0.312. The number of aryl methyl sites for hydroxylation is 16. The third kappa shape index (κ3) is 18.3. The molecule has 0 spiro atoms. The Kier molecular flexibility index (Phi) is 18.4. The fourth-order valence-corrected chi connectivity index (χ4v) is 12.7. The zero-order valence-electron chi connectivity index (χ0n) is 85.5. The SMILES string of the molecule is Cc1ccc(-c2ccc(C)c(C)[n+]2C)c(C)c1.Cc1cccc(-c2ccc(C)c(C)[n+]2C)c1C.Cc1ccccc1-c1c(C)c(C)cc(C)[n+]1C.[2H]C([2H])([2H])c1cc(C)c(C)c(-c2ccccc2C)[n+]1C.[2H]C([2H])([2H])c1ccc(-c2ccc(C([2H])([2H])[2H])c(C([2H])([2H])[2H])[n+]2C)c(C)c1.[2H]C([2H])([2H])c1cccc(-c2ccc(C([2H])([2H])[2H])c(C([2H])([2H])[2H])[n+]2C)c1C. The van der Waals surface area contributed by atoms with Crippen molar-refractivity contribution in [2.24, 2.45) is 42.3 Å². The highest BCUT2D eigenvalue weighted by Gasteiger charge is 2.24. The summed E-state index contributed by atoms with van der Waals surface area (Å²) in [6, 6.07) is 57.7. The summed E-state index contributed by atoms with van der Waals surface area (Å²) < 4.78 is 172. The first-order valence-electron chi connectivity index (χ1n) is 45.0. The average Bonchev–Trinajstić information content (AvgIpc) is 0.747. The first kappa shape index (κ1) is 54.0. The van der Waals surface area contributed by atoms with Crippen molar-refractivity contribution in [3.63, 3.8) is 0 Å². The molecule has 0 radical (unpaired) electrons. The van der Waals surface area contributed by atoms with E-state index in [4.69, 9.17) is 28.8 Å². The molecular weight excluding hydrogens is 1240 g/mol. The lowest BCUT2D eigenvalue weighted by molar-refractivity contribution is -0.667. The summed E-state index contributed by atoms with van der Waals surface area (Å²) >= 11 is 0. The Hall–Kier alpha value is -9.78. The molecule has 0 bridgehead atoms. The summed E-state index contributed by atoms with van der Waals surface area (Å²) in [5, 5.41) is 0. The van der Waals surface area contributed by atoms with Crippen LogP contribution in [0.2, 0.25) is 0 Å². The maximum absolute atomic E-state index is 7.76. The highest BCUT2D eigenvalue weighted by atomic mass is 15.0. The van der Waals surface area contributed by atoms with Crippen LogP contribution in [0.15, 0.2) is 182 Å². The minimum absolute atomic E-state index is 0.172. The van der Waals surface area contributed by atoms with Crippen LogP contribution in [0.4, 0.5) is 0 Å². The molecule has 12 aromatic rings.